The van der Waals surface area contributed by atoms with E-state index in [1.54, 1.807) is 6.92 Å². The van der Waals surface area contributed by atoms with Crippen LogP contribution in [-0.4, -0.2) is 35.2 Å². The standard InChI is InChI=1S/C20H26N2O6/c1-12-4-6-15(7-5-12)10-21-20(25)14(3)28-19(24)9-16-17(11-22(26)27)13(2)8-18(16)23/h4-7,13-14,16-17H,8-11H2,1-3H3,(H,21,25)/t13-,14+,16-,17-/m1/s1. The van der Waals surface area contributed by atoms with Crippen LogP contribution in [0.25, 0.3) is 0 Å². The summed E-state index contributed by atoms with van der Waals surface area (Å²) in [5.74, 6) is -2.66. The van der Waals surface area contributed by atoms with Crippen molar-refractivity contribution in [2.75, 3.05) is 6.54 Å². The molecule has 1 aliphatic carbocycles. The Kier molecular flexibility index (Phi) is 7.25. The van der Waals surface area contributed by atoms with Gasteiger partial charge in [0.2, 0.25) is 6.54 Å². The van der Waals surface area contributed by atoms with Crippen LogP contribution in [0.15, 0.2) is 24.3 Å². The van der Waals surface area contributed by atoms with E-state index in [-0.39, 0.29) is 31.1 Å². The molecule has 0 aromatic heterocycles. The molecule has 0 aliphatic heterocycles. The number of Topliss-reactive ketones (excluding diaryl/α,β-unsaturated/α-hetero) is 1. The third-order valence-electron chi connectivity index (χ3n) is 5.20. The maximum absolute atomic E-state index is 12.2. The molecule has 2 rings (SSSR count). The van der Waals surface area contributed by atoms with Gasteiger partial charge in [-0.05, 0) is 25.3 Å². The summed E-state index contributed by atoms with van der Waals surface area (Å²) in [5.41, 5.74) is 2.04. The van der Waals surface area contributed by atoms with E-state index in [1.807, 2.05) is 31.2 Å². The summed E-state index contributed by atoms with van der Waals surface area (Å²) in [7, 11) is 0. The van der Waals surface area contributed by atoms with Crippen LogP contribution in [0.3, 0.4) is 0 Å². The summed E-state index contributed by atoms with van der Waals surface area (Å²) >= 11 is 0. The third kappa shape index (κ3) is 5.87. The normalized spacial score (nSPS) is 22.5. The van der Waals surface area contributed by atoms with Crippen molar-refractivity contribution in [3.63, 3.8) is 0 Å². The zero-order chi connectivity index (χ0) is 20.8. The van der Waals surface area contributed by atoms with Crippen molar-refractivity contribution >= 4 is 17.7 Å². The number of nitrogens with zero attached hydrogens (tertiary/aromatic N) is 1. The molecule has 1 aliphatic rings. The van der Waals surface area contributed by atoms with Crippen LogP contribution in [-0.2, 0) is 25.7 Å². The third-order valence-corrected chi connectivity index (χ3v) is 5.20. The van der Waals surface area contributed by atoms with E-state index in [0.29, 0.717) is 6.54 Å². The van der Waals surface area contributed by atoms with Gasteiger partial charge < -0.3 is 10.1 Å². The Bertz CT molecular complexity index is 746. The summed E-state index contributed by atoms with van der Waals surface area (Å²) in [6.45, 7) is 5.16. The van der Waals surface area contributed by atoms with Crippen molar-refractivity contribution in [1.82, 2.24) is 5.32 Å². The maximum Gasteiger partial charge on any atom is 0.307 e. The maximum atomic E-state index is 12.2. The fourth-order valence-electron chi connectivity index (χ4n) is 3.52. The molecular formula is C20H26N2O6. The number of benzene rings is 1. The fraction of sp³-hybridized carbons (Fsp3) is 0.550. The van der Waals surface area contributed by atoms with Crippen LogP contribution < -0.4 is 5.32 Å². The predicted octanol–water partition coefficient (Wildman–Crippen LogP) is 2.05. The number of nitrogens with one attached hydrogen (secondary N) is 1. The van der Waals surface area contributed by atoms with Crippen molar-refractivity contribution in [2.24, 2.45) is 17.8 Å². The smallest absolute Gasteiger partial charge is 0.307 e. The Hall–Kier alpha value is -2.77. The van der Waals surface area contributed by atoms with Gasteiger partial charge in [0.05, 0.1) is 6.42 Å². The molecule has 1 N–H and O–H groups in total. The summed E-state index contributed by atoms with van der Waals surface area (Å²) in [6.07, 6.45) is -1.03. The molecule has 0 spiro atoms. The zero-order valence-corrected chi connectivity index (χ0v) is 16.3. The van der Waals surface area contributed by atoms with Crippen molar-refractivity contribution in [1.29, 1.82) is 0 Å². The second-order valence-electron chi connectivity index (χ2n) is 7.47. The van der Waals surface area contributed by atoms with Gasteiger partial charge in [-0.3, -0.25) is 24.5 Å². The first-order valence-electron chi connectivity index (χ1n) is 9.34. The SMILES string of the molecule is Cc1ccc(CNC(=O)[C@H](C)OC(=O)C[C@H]2C(=O)C[C@@H](C)[C@H]2C[N+](=O)[O-])cc1. The zero-order valence-electron chi connectivity index (χ0n) is 16.3. The van der Waals surface area contributed by atoms with E-state index >= 15 is 0 Å². The number of hydrogen-bond donors (Lipinski definition) is 1. The number of aryl methyl sites for hydroxylation is 1. The Morgan fingerprint density at radius 1 is 1.32 bits per heavy atom. The molecule has 28 heavy (non-hydrogen) atoms. The Balaban J connectivity index is 1.85. The molecule has 0 bridgehead atoms. The number of amides is 1. The highest BCUT2D eigenvalue weighted by atomic mass is 16.6. The number of carbonyl (C=O) groups is 3. The molecule has 1 fully saturated rings. The van der Waals surface area contributed by atoms with Crippen LogP contribution >= 0.6 is 0 Å². The molecule has 1 aromatic rings. The van der Waals surface area contributed by atoms with Gasteiger partial charge in [0, 0.05) is 29.7 Å². The van der Waals surface area contributed by atoms with E-state index in [4.69, 9.17) is 4.74 Å². The first kappa shape index (κ1) is 21.5. The van der Waals surface area contributed by atoms with Gasteiger partial charge in [0.25, 0.3) is 5.91 Å². The van der Waals surface area contributed by atoms with Crippen LogP contribution in [0, 0.1) is 34.8 Å². The number of hydrogen-bond acceptors (Lipinski definition) is 6. The molecule has 1 amide bonds. The lowest BCUT2D eigenvalue weighted by Gasteiger charge is -2.18. The van der Waals surface area contributed by atoms with Gasteiger partial charge in [0.15, 0.2) is 6.10 Å². The minimum Gasteiger partial charge on any atom is -0.453 e. The van der Waals surface area contributed by atoms with Gasteiger partial charge in [-0.15, -0.1) is 0 Å². The summed E-state index contributed by atoms with van der Waals surface area (Å²) in [5, 5.41) is 13.5. The molecule has 152 valence electrons. The molecular weight excluding hydrogens is 364 g/mol. The van der Waals surface area contributed by atoms with Crippen LogP contribution in [0.1, 0.15) is 37.8 Å². The quantitative estimate of drug-likeness (QED) is 0.413. The molecule has 1 aromatic carbocycles. The van der Waals surface area contributed by atoms with Crippen LogP contribution in [0.2, 0.25) is 0 Å². The highest BCUT2D eigenvalue weighted by molar-refractivity contribution is 5.89. The van der Waals surface area contributed by atoms with Crippen molar-refractivity contribution in [3.05, 3.63) is 45.5 Å². The summed E-state index contributed by atoms with van der Waals surface area (Å²) in [6, 6.07) is 7.67. The van der Waals surface area contributed by atoms with E-state index in [0.717, 1.165) is 11.1 Å². The summed E-state index contributed by atoms with van der Waals surface area (Å²) in [4.78, 5) is 46.8. The van der Waals surface area contributed by atoms with Crippen molar-refractivity contribution in [2.45, 2.75) is 46.3 Å². The Morgan fingerprint density at radius 2 is 1.96 bits per heavy atom. The molecule has 8 nitrogen and oxygen atoms in total. The first-order valence-corrected chi connectivity index (χ1v) is 9.34. The topological polar surface area (TPSA) is 116 Å². The van der Waals surface area contributed by atoms with Gasteiger partial charge >= 0.3 is 5.97 Å². The van der Waals surface area contributed by atoms with Gasteiger partial charge in [0.1, 0.15) is 5.78 Å². The number of ether oxygens (including phenoxy) is 1. The number of rotatable bonds is 8. The minimum atomic E-state index is -1.01. The molecule has 0 heterocycles. The minimum absolute atomic E-state index is 0.147. The monoisotopic (exact) mass is 390 g/mol. The Labute approximate surface area is 163 Å². The largest absolute Gasteiger partial charge is 0.453 e. The highest BCUT2D eigenvalue weighted by Gasteiger charge is 2.44. The number of carbonyl (C=O) groups excluding carboxylic acids is 3. The van der Waals surface area contributed by atoms with E-state index in [1.165, 1.54) is 6.92 Å². The predicted molar refractivity (Wildman–Crippen MR) is 101 cm³/mol. The van der Waals surface area contributed by atoms with Crippen molar-refractivity contribution < 1.29 is 24.0 Å². The van der Waals surface area contributed by atoms with Gasteiger partial charge in [-0.25, -0.2) is 0 Å². The molecule has 1 saturated carbocycles. The lowest BCUT2D eigenvalue weighted by molar-refractivity contribution is -0.490. The average Bonchev–Trinajstić information content (AvgIpc) is 2.87. The molecule has 0 saturated heterocycles. The fourth-order valence-corrected chi connectivity index (χ4v) is 3.52. The van der Waals surface area contributed by atoms with Gasteiger partial charge in [-0.1, -0.05) is 36.8 Å². The molecule has 0 unspecified atom stereocenters. The number of esters is 1. The Morgan fingerprint density at radius 3 is 2.57 bits per heavy atom. The summed E-state index contributed by atoms with van der Waals surface area (Å²) < 4.78 is 5.15. The van der Waals surface area contributed by atoms with E-state index < -0.39 is 34.7 Å². The van der Waals surface area contributed by atoms with Crippen LogP contribution in [0.4, 0.5) is 0 Å². The molecule has 0 radical (unpaired) electrons. The lowest BCUT2D eigenvalue weighted by Crippen LogP contribution is -2.36. The van der Waals surface area contributed by atoms with Gasteiger partial charge in [-0.2, -0.15) is 0 Å². The van der Waals surface area contributed by atoms with E-state index in [2.05, 4.69) is 5.32 Å². The second-order valence-corrected chi connectivity index (χ2v) is 7.47. The molecule has 4 atom stereocenters. The number of nitro groups is 1. The number of ketones is 1. The highest BCUT2D eigenvalue weighted by Crippen LogP contribution is 2.36. The first-order chi connectivity index (χ1) is 13.2. The average molecular weight is 390 g/mol. The second kappa shape index (κ2) is 9.43. The van der Waals surface area contributed by atoms with Crippen molar-refractivity contribution in [3.8, 4) is 0 Å². The van der Waals surface area contributed by atoms with E-state index in [9.17, 15) is 24.5 Å². The molecule has 8 heteroatoms. The lowest BCUT2D eigenvalue weighted by atomic mass is 9.88. The van der Waals surface area contributed by atoms with Crippen LogP contribution in [0.5, 0.6) is 0 Å².